The topological polar surface area (TPSA) is 0 Å². The lowest BCUT2D eigenvalue weighted by molar-refractivity contribution is 0.472. The van der Waals surface area contributed by atoms with Gasteiger partial charge in [0, 0.05) is 16.2 Å². The van der Waals surface area contributed by atoms with Crippen LogP contribution in [0.25, 0.3) is 33.0 Å². The molecule has 0 heteroatoms. The van der Waals surface area contributed by atoms with Crippen molar-refractivity contribution in [3.63, 3.8) is 0 Å². The molecule has 7 rings (SSSR count). The second-order valence-electron chi connectivity index (χ2n) is 14.2. The summed E-state index contributed by atoms with van der Waals surface area (Å²) < 4.78 is 0. The number of fused-ring (bicyclic) bond motifs is 8. The molecule has 0 spiro atoms. The molecule has 0 unspecified atom stereocenters. The van der Waals surface area contributed by atoms with Gasteiger partial charge < -0.3 is 0 Å². The van der Waals surface area contributed by atoms with Gasteiger partial charge >= 0.3 is 0 Å². The number of hydrogen-bond donors (Lipinski definition) is 0. The molecule has 0 bridgehead atoms. The van der Waals surface area contributed by atoms with Gasteiger partial charge in [-0.05, 0) is 123 Å². The van der Waals surface area contributed by atoms with Crippen LogP contribution in [0.2, 0.25) is 0 Å². The first-order chi connectivity index (χ1) is 20.0. The first-order valence-electron chi connectivity index (χ1n) is 15.9. The Morgan fingerprint density at radius 2 is 1.17 bits per heavy atom. The molecule has 5 aromatic carbocycles. The summed E-state index contributed by atoms with van der Waals surface area (Å²) in [4.78, 5) is 0. The fourth-order valence-corrected chi connectivity index (χ4v) is 9.12. The van der Waals surface area contributed by atoms with E-state index in [-0.39, 0.29) is 16.2 Å². The summed E-state index contributed by atoms with van der Waals surface area (Å²) in [6.07, 6.45) is 2.18. The Hall–Kier alpha value is -3.64. The lowest BCUT2D eigenvalue weighted by Gasteiger charge is -2.37. The Balaban J connectivity index is 1.44. The summed E-state index contributed by atoms with van der Waals surface area (Å²) in [5, 5.41) is 2.70. The molecule has 0 radical (unpaired) electrons. The highest BCUT2D eigenvalue weighted by molar-refractivity contribution is 6.03. The SMILES string of the molecule is CCC(CC)(c1ccc2c(c1)C(C)(C)c1cc3c(cc1-2)C(C)(C)c1ccc2ccccc2c1-3)c1c(C)cc(C)cc1C. The van der Waals surface area contributed by atoms with Crippen LogP contribution in [0.1, 0.15) is 104 Å². The van der Waals surface area contributed by atoms with Gasteiger partial charge in [-0.15, -0.1) is 0 Å². The van der Waals surface area contributed by atoms with Gasteiger partial charge in [0.15, 0.2) is 0 Å². The Morgan fingerprint density at radius 1 is 0.571 bits per heavy atom. The second-order valence-corrected chi connectivity index (χ2v) is 14.2. The molecule has 2 aliphatic rings. The predicted molar refractivity (Wildman–Crippen MR) is 181 cm³/mol. The quantitative estimate of drug-likeness (QED) is 0.209. The Labute approximate surface area is 252 Å². The van der Waals surface area contributed by atoms with Gasteiger partial charge in [-0.3, -0.25) is 0 Å². The van der Waals surface area contributed by atoms with Crippen molar-refractivity contribution < 1.29 is 0 Å². The fraction of sp³-hybridized carbons (Fsp3) is 0.333. The van der Waals surface area contributed by atoms with E-state index >= 15 is 0 Å². The molecule has 0 nitrogen and oxygen atoms in total. The zero-order valence-corrected chi connectivity index (χ0v) is 26.9. The maximum absolute atomic E-state index is 2.58. The van der Waals surface area contributed by atoms with Crippen molar-refractivity contribution in [1.29, 1.82) is 0 Å². The Morgan fingerprint density at radius 3 is 1.86 bits per heavy atom. The first-order valence-corrected chi connectivity index (χ1v) is 15.9. The number of rotatable bonds is 4. The average Bonchev–Trinajstić information content (AvgIpc) is 3.33. The van der Waals surface area contributed by atoms with E-state index in [1.807, 2.05) is 0 Å². The maximum Gasteiger partial charge on any atom is 0.0203 e. The van der Waals surface area contributed by atoms with Crippen LogP contribution in [-0.4, -0.2) is 0 Å². The van der Waals surface area contributed by atoms with Crippen LogP contribution in [0.15, 0.2) is 78.9 Å². The van der Waals surface area contributed by atoms with E-state index in [1.54, 1.807) is 0 Å². The lowest BCUT2D eigenvalue weighted by atomic mass is 9.66. The molecule has 0 N–H and O–H groups in total. The van der Waals surface area contributed by atoms with Crippen molar-refractivity contribution in [2.24, 2.45) is 0 Å². The zero-order chi connectivity index (χ0) is 29.8. The highest BCUT2D eigenvalue weighted by Crippen LogP contribution is 2.58. The Bertz CT molecular complexity index is 1900. The van der Waals surface area contributed by atoms with Gasteiger partial charge in [0.05, 0.1) is 0 Å². The van der Waals surface area contributed by atoms with Crippen LogP contribution in [0.3, 0.4) is 0 Å². The fourth-order valence-electron chi connectivity index (χ4n) is 9.12. The van der Waals surface area contributed by atoms with Crippen LogP contribution >= 0.6 is 0 Å². The standard InChI is InChI=1S/C42H44/c1-10-42(11-2,39-26(4)20-25(3)21-27(39)5)29-17-18-31-32-23-37-33(24-36(32)41(8,9)35(31)22-29)38-30-15-13-12-14-28(30)16-19-34(38)40(37,6)7/h12-24H,10-11H2,1-9H3. The normalized spacial score (nSPS) is 15.8. The van der Waals surface area contributed by atoms with Crippen molar-refractivity contribution in [3.8, 4) is 22.3 Å². The molecular weight excluding hydrogens is 504 g/mol. The third kappa shape index (κ3) is 3.42. The average molecular weight is 549 g/mol. The van der Waals surface area contributed by atoms with Gasteiger partial charge in [-0.25, -0.2) is 0 Å². The van der Waals surface area contributed by atoms with Crippen LogP contribution in [0, 0.1) is 20.8 Å². The van der Waals surface area contributed by atoms with E-state index in [2.05, 4.69) is 141 Å². The van der Waals surface area contributed by atoms with Crippen molar-refractivity contribution in [1.82, 2.24) is 0 Å². The second kappa shape index (κ2) is 8.93. The highest BCUT2D eigenvalue weighted by Gasteiger charge is 2.43. The largest absolute Gasteiger partial charge is 0.0642 e. The van der Waals surface area contributed by atoms with Crippen LogP contribution in [0.4, 0.5) is 0 Å². The van der Waals surface area contributed by atoms with Crippen molar-refractivity contribution in [3.05, 3.63) is 129 Å². The van der Waals surface area contributed by atoms with Gasteiger partial charge in [0.2, 0.25) is 0 Å². The first kappa shape index (κ1) is 27.2. The molecular formula is C42H44. The summed E-state index contributed by atoms with van der Waals surface area (Å²) >= 11 is 0. The smallest absolute Gasteiger partial charge is 0.0203 e. The van der Waals surface area contributed by atoms with E-state index in [4.69, 9.17) is 0 Å². The minimum atomic E-state index is -0.0717. The summed E-state index contributed by atoms with van der Waals surface area (Å²) in [5.41, 5.74) is 18.6. The van der Waals surface area contributed by atoms with Gasteiger partial charge in [0.1, 0.15) is 0 Å². The summed E-state index contributed by atoms with van der Waals surface area (Å²) in [5.74, 6) is 0. The van der Waals surface area contributed by atoms with Gasteiger partial charge in [0.25, 0.3) is 0 Å². The molecule has 0 amide bonds. The number of hydrogen-bond acceptors (Lipinski definition) is 0. The third-order valence-corrected chi connectivity index (χ3v) is 11.3. The zero-order valence-electron chi connectivity index (χ0n) is 26.9. The van der Waals surface area contributed by atoms with E-state index < -0.39 is 0 Å². The van der Waals surface area contributed by atoms with E-state index in [1.165, 1.54) is 83.1 Å². The molecule has 0 saturated carbocycles. The predicted octanol–water partition coefficient (Wildman–Crippen LogP) is 11.5. The molecule has 0 saturated heterocycles. The third-order valence-electron chi connectivity index (χ3n) is 11.3. The lowest BCUT2D eigenvalue weighted by Crippen LogP contribution is -2.29. The summed E-state index contributed by atoms with van der Waals surface area (Å²) in [6, 6.07) is 30.9. The van der Waals surface area contributed by atoms with Crippen molar-refractivity contribution in [2.45, 2.75) is 91.4 Å². The van der Waals surface area contributed by atoms with Crippen LogP contribution < -0.4 is 0 Å². The molecule has 2 aliphatic carbocycles. The molecule has 212 valence electrons. The van der Waals surface area contributed by atoms with Crippen LogP contribution in [-0.2, 0) is 16.2 Å². The number of aryl methyl sites for hydroxylation is 3. The molecule has 0 fully saturated rings. The van der Waals surface area contributed by atoms with Crippen molar-refractivity contribution in [2.75, 3.05) is 0 Å². The monoisotopic (exact) mass is 548 g/mol. The van der Waals surface area contributed by atoms with E-state index in [9.17, 15) is 0 Å². The molecule has 0 aliphatic heterocycles. The molecule has 0 atom stereocenters. The van der Waals surface area contributed by atoms with Gasteiger partial charge in [-0.2, -0.15) is 0 Å². The highest BCUT2D eigenvalue weighted by atomic mass is 14.5. The molecule has 0 aromatic heterocycles. The summed E-state index contributed by atoms with van der Waals surface area (Å²) in [7, 11) is 0. The van der Waals surface area contributed by atoms with Crippen molar-refractivity contribution >= 4 is 10.8 Å². The Kier molecular flexibility index (Phi) is 5.79. The van der Waals surface area contributed by atoms with E-state index in [0.717, 1.165) is 12.8 Å². The van der Waals surface area contributed by atoms with Crippen LogP contribution in [0.5, 0.6) is 0 Å². The van der Waals surface area contributed by atoms with Gasteiger partial charge in [-0.1, -0.05) is 114 Å². The molecule has 42 heavy (non-hydrogen) atoms. The minimum absolute atomic E-state index is 0.00333. The van der Waals surface area contributed by atoms with E-state index in [0.29, 0.717) is 0 Å². The molecule has 5 aromatic rings. The minimum Gasteiger partial charge on any atom is -0.0642 e. The maximum atomic E-state index is 2.58. The molecule has 0 heterocycles. The summed E-state index contributed by atoms with van der Waals surface area (Å²) in [6.45, 7) is 21.3. The number of benzene rings is 5.